The monoisotopic (exact) mass is 352 g/mol. The summed E-state index contributed by atoms with van der Waals surface area (Å²) in [7, 11) is 1.61. The molecule has 2 aromatic carbocycles. The van der Waals surface area contributed by atoms with Crippen LogP contribution >= 0.6 is 11.3 Å². The Morgan fingerprint density at radius 1 is 1.08 bits per heavy atom. The number of thiophene rings is 1. The van der Waals surface area contributed by atoms with E-state index < -0.39 is 6.04 Å². The van der Waals surface area contributed by atoms with Crippen LogP contribution in [0, 0.1) is 0 Å². The molecule has 0 aliphatic rings. The summed E-state index contributed by atoms with van der Waals surface area (Å²) in [4.78, 5) is 14.1. The zero-order valence-corrected chi connectivity index (χ0v) is 14.8. The number of ether oxygens (including phenoxy) is 1. The molecule has 5 heteroatoms. The van der Waals surface area contributed by atoms with Crippen LogP contribution in [0.4, 0.5) is 5.69 Å². The minimum Gasteiger partial charge on any atom is -0.497 e. The van der Waals surface area contributed by atoms with Gasteiger partial charge in [0.15, 0.2) is 0 Å². The molecule has 1 aromatic heterocycles. The van der Waals surface area contributed by atoms with Gasteiger partial charge in [0.1, 0.15) is 11.8 Å². The second-order valence-corrected chi connectivity index (χ2v) is 6.56. The summed E-state index contributed by atoms with van der Waals surface area (Å²) in [6, 6.07) is 20.7. The predicted octanol–water partition coefficient (Wildman–Crippen LogP) is 4.23. The second-order valence-electron chi connectivity index (χ2n) is 5.53. The van der Waals surface area contributed by atoms with E-state index in [0.717, 1.165) is 5.56 Å². The van der Waals surface area contributed by atoms with E-state index in [0.29, 0.717) is 18.0 Å². The highest BCUT2D eigenvalue weighted by Gasteiger charge is 2.20. The zero-order valence-electron chi connectivity index (χ0n) is 13.9. The normalized spacial score (nSPS) is 11.7. The fourth-order valence-electron chi connectivity index (χ4n) is 2.54. The Labute approximate surface area is 151 Å². The smallest absolute Gasteiger partial charge is 0.246 e. The van der Waals surface area contributed by atoms with Crippen molar-refractivity contribution in [1.29, 1.82) is 0 Å². The number of carbonyl (C=O) groups is 1. The molecule has 1 heterocycles. The molecule has 0 spiro atoms. The molecule has 1 atom stereocenters. The standard InChI is InChI=1S/C20H20N2O2S/c1-24-17-10-5-9-16(13-17)22-20(23)19(15-7-3-2-4-8-15)21-14-18-11-6-12-25-18/h2-13,19,21H,14H2,1H3,(H,22,23)/t19-/m0/s1. The number of nitrogens with one attached hydrogen (secondary N) is 2. The number of anilines is 1. The first-order valence-corrected chi connectivity index (χ1v) is 8.90. The van der Waals surface area contributed by atoms with Gasteiger partial charge in [-0.25, -0.2) is 0 Å². The average Bonchev–Trinajstić information content (AvgIpc) is 3.16. The van der Waals surface area contributed by atoms with Gasteiger partial charge in [-0.05, 0) is 29.1 Å². The Balaban J connectivity index is 1.76. The number of hydrogen-bond donors (Lipinski definition) is 2. The lowest BCUT2D eigenvalue weighted by Gasteiger charge is -2.19. The highest BCUT2D eigenvalue weighted by molar-refractivity contribution is 7.09. The summed E-state index contributed by atoms with van der Waals surface area (Å²) in [6.45, 7) is 0.642. The van der Waals surface area contributed by atoms with Crippen LogP contribution in [0.5, 0.6) is 5.75 Å². The van der Waals surface area contributed by atoms with Crippen LogP contribution < -0.4 is 15.4 Å². The first-order chi connectivity index (χ1) is 12.3. The summed E-state index contributed by atoms with van der Waals surface area (Å²) < 4.78 is 5.21. The quantitative estimate of drug-likeness (QED) is 0.669. The maximum absolute atomic E-state index is 12.9. The van der Waals surface area contributed by atoms with Gasteiger partial charge in [0, 0.05) is 23.2 Å². The molecule has 0 saturated carbocycles. The third-order valence-corrected chi connectivity index (χ3v) is 4.67. The Kier molecular flexibility index (Phi) is 5.82. The third-order valence-electron chi connectivity index (χ3n) is 3.79. The summed E-state index contributed by atoms with van der Waals surface area (Å²) in [5.41, 5.74) is 1.64. The van der Waals surface area contributed by atoms with E-state index in [1.807, 2.05) is 60.0 Å². The largest absolute Gasteiger partial charge is 0.497 e. The van der Waals surface area contributed by atoms with Crippen LogP contribution in [-0.2, 0) is 11.3 Å². The number of benzene rings is 2. The number of amides is 1. The van der Waals surface area contributed by atoms with E-state index in [1.54, 1.807) is 24.5 Å². The minimum atomic E-state index is -0.436. The number of carbonyl (C=O) groups excluding carboxylic acids is 1. The molecule has 0 aliphatic carbocycles. The van der Waals surface area contributed by atoms with Gasteiger partial charge in [0.25, 0.3) is 0 Å². The molecule has 0 aliphatic heterocycles. The highest BCUT2D eigenvalue weighted by Crippen LogP contribution is 2.20. The molecule has 1 amide bonds. The second kappa shape index (κ2) is 8.46. The molecule has 3 rings (SSSR count). The van der Waals surface area contributed by atoms with Crippen LogP contribution in [0.2, 0.25) is 0 Å². The van der Waals surface area contributed by atoms with Crippen molar-refractivity contribution in [2.75, 3.05) is 12.4 Å². The van der Waals surface area contributed by atoms with Gasteiger partial charge in [-0.1, -0.05) is 42.5 Å². The highest BCUT2D eigenvalue weighted by atomic mass is 32.1. The molecule has 0 fully saturated rings. The van der Waals surface area contributed by atoms with Crippen molar-refractivity contribution in [3.8, 4) is 5.75 Å². The zero-order chi connectivity index (χ0) is 17.5. The minimum absolute atomic E-state index is 0.101. The van der Waals surface area contributed by atoms with Gasteiger partial charge in [-0.3, -0.25) is 10.1 Å². The Morgan fingerprint density at radius 3 is 2.64 bits per heavy atom. The van der Waals surface area contributed by atoms with Gasteiger partial charge >= 0.3 is 0 Å². The molecule has 0 radical (unpaired) electrons. The molecule has 0 saturated heterocycles. The molecule has 25 heavy (non-hydrogen) atoms. The fraction of sp³-hybridized carbons (Fsp3) is 0.150. The van der Waals surface area contributed by atoms with Crippen LogP contribution in [0.15, 0.2) is 72.1 Å². The van der Waals surface area contributed by atoms with E-state index in [1.165, 1.54) is 4.88 Å². The van der Waals surface area contributed by atoms with Crippen LogP contribution in [0.1, 0.15) is 16.5 Å². The predicted molar refractivity (Wildman–Crippen MR) is 102 cm³/mol. The van der Waals surface area contributed by atoms with E-state index in [2.05, 4.69) is 16.7 Å². The summed E-state index contributed by atoms with van der Waals surface area (Å²) >= 11 is 1.67. The van der Waals surface area contributed by atoms with Crippen molar-refractivity contribution in [1.82, 2.24) is 5.32 Å². The topological polar surface area (TPSA) is 50.4 Å². The van der Waals surface area contributed by atoms with Crippen molar-refractivity contribution in [2.45, 2.75) is 12.6 Å². The maximum Gasteiger partial charge on any atom is 0.246 e. The average molecular weight is 352 g/mol. The molecule has 0 bridgehead atoms. The van der Waals surface area contributed by atoms with Crippen LogP contribution in [-0.4, -0.2) is 13.0 Å². The van der Waals surface area contributed by atoms with E-state index >= 15 is 0 Å². The molecular formula is C20H20N2O2S. The molecule has 3 aromatic rings. The van der Waals surface area contributed by atoms with E-state index in [-0.39, 0.29) is 5.91 Å². The Hall–Kier alpha value is -2.63. The molecule has 2 N–H and O–H groups in total. The first-order valence-electron chi connectivity index (χ1n) is 8.02. The van der Waals surface area contributed by atoms with Gasteiger partial charge < -0.3 is 10.1 Å². The van der Waals surface area contributed by atoms with Crippen molar-refractivity contribution in [2.24, 2.45) is 0 Å². The van der Waals surface area contributed by atoms with Crippen molar-refractivity contribution < 1.29 is 9.53 Å². The molecule has 0 unspecified atom stereocenters. The van der Waals surface area contributed by atoms with Crippen molar-refractivity contribution in [3.05, 3.63) is 82.6 Å². The van der Waals surface area contributed by atoms with E-state index in [9.17, 15) is 4.79 Å². The fourth-order valence-corrected chi connectivity index (χ4v) is 3.19. The lowest BCUT2D eigenvalue weighted by Crippen LogP contribution is -2.32. The van der Waals surface area contributed by atoms with Gasteiger partial charge in [0.05, 0.1) is 7.11 Å². The summed E-state index contributed by atoms with van der Waals surface area (Å²) in [5.74, 6) is 0.608. The lowest BCUT2D eigenvalue weighted by molar-refractivity contribution is -0.118. The summed E-state index contributed by atoms with van der Waals surface area (Å²) in [6.07, 6.45) is 0. The number of methoxy groups -OCH3 is 1. The van der Waals surface area contributed by atoms with Crippen molar-refractivity contribution in [3.63, 3.8) is 0 Å². The lowest BCUT2D eigenvalue weighted by atomic mass is 10.1. The number of rotatable bonds is 7. The van der Waals surface area contributed by atoms with Gasteiger partial charge in [-0.2, -0.15) is 0 Å². The summed E-state index contributed by atoms with van der Waals surface area (Å²) in [5, 5.41) is 8.35. The first kappa shape index (κ1) is 17.2. The molecule has 4 nitrogen and oxygen atoms in total. The SMILES string of the molecule is COc1cccc(NC(=O)[C@@H](NCc2cccs2)c2ccccc2)c1. The van der Waals surface area contributed by atoms with E-state index in [4.69, 9.17) is 4.74 Å². The Bertz CT molecular complexity index is 804. The van der Waals surface area contributed by atoms with Gasteiger partial charge in [-0.15, -0.1) is 11.3 Å². The van der Waals surface area contributed by atoms with Crippen LogP contribution in [0.25, 0.3) is 0 Å². The Morgan fingerprint density at radius 2 is 1.92 bits per heavy atom. The number of hydrogen-bond acceptors (Lipinski definition) is 4. The van der Waals surface area contributed by atoms with Crippen LogP contribution in [0.3, 0.4) is 0 Å². The van der Waals surface area contributed by atoms with Gasteiger partial charge in [0.2, 0.25) is 5.91 Å². The van der Waals surface area contributed by atoms with Crippen molar-refractivity contribution >= 4 is 22.9 Å². The molecule has 128 valence electrons. The molecular weight excluding hydrogens is 332 g/mol. The third kappa shape index (κ3) is 4.68. The maximum atomic E-state index is 12.9.